The van der Waals surface area contributed by atoms with Crippen molar-refractivity contribution in [2.45, 2.75) is 44.3 Å². The molecule has 0 bridgehead atoms. The van der Waals surface area contributed by atoms with Crippen molar-refractivity contribution < 1.29 is 19.4 Å². The summed E-state index contributed by atoms with van der Waals surface area (Å²) < 4.78 is 14.8. The lowest BCUT2D eigenvalue weighted by molar-refractivity contribution is 0.120. The van der Waals surface area contributed by atoms with Crippen LogP contribution < -0.4 is 20.1 Å². The molecule has 3 N–H and O–H groups in total. The first-order chi connectivity index (χ1) is 19.0. The van der Waals surface area contributed by atoms with Crippen molar-refractivity contribution in [2.75, 3.05) is 37.9 Å². The molecule has 1 saturated carbocycles. The molecule has 204 valence electrons. The summed E-state index contributed by atoms with van der Waals surface area (Å²) in [6.07, 6.45) is 8.57. The Labute approximate surface area is 225 Å². The molecule has 3 aromatic heterocycles. The van der Waals surface area contributed by atoms with Crippen LogP contribution in [0.3, 0.4) is 0 Å². The highest BCUT2D eigenvalue weighted by atomic mass is 16.5. The summed E-state index contributed by atoms with van der Waals surface area (Å²) in [4.78, 5) is 17.8. The molecule has 0 radical (unpaired) electrons. The van der Waals surface area contributed by atoms with Crippen LogP contribution in [0.25, 0.3) is 10.9 Å². The molecule has 39 heavy (non-hydrogen) atoms. The van der Waals surface area contributed by atoms with Gasteiger partial charge < -0.3 is 30.1 Å². The number of nitrogens with zero attached hydrogens (tertiary/aromatic N) is 6. The van der Waals surface area contributed by atoms with Gasteiger partial charge in [0.1, 0.15) is 17.3 Å². The lowest BCUT2D eigenvalue weighted by Crippen LogP contribution is -2.40. The van der Waals surface area contributed by atoms with Gasteiger partial charge in [0.05, 0.1) is 49.1 Å². The number of hydrogen-bond donors (Lipinski definition) is 3. The summed E-state index contributed by atoms with van der Waals surface area (Å²) in [6.45, 7) is 1.40. The third kappa shape index (κ3) is 5.01. The molecule has 1 aliphatic carbocycles. The molecule has 12 heteroatoms. The summed E-state index contributed by atoms with van der Waals surface area (Å²) >= 11 is 0. The number of amides is 1. The molecule has 2 aliphatic rings. The second-order valence-electron chi connectivity index (χ2n) is 9.97. The van der Waals surface area contributed by atoms with E-state index in [1.54, 1.807) is 20.4 Å². The zero-order valence-electron chi connectivity index (χ0n) is 22.0. The number of methoxy groups -OCH3 is 2. The molecular weight excluding hydrogens is 500 g/mol. The van der Waals surface area contributed by atoms with Crippen LogP contribution in [0, 0.1) is 0 Å². The van der Waals surface area contributed by atoms with Gasteiger partial charge in [-0.05, 0) is 43.9 Å². The molecule has 0 spiro atoms. The van der Waals surface area contributed by atoms with Gasteiger partial charge in [0, 0.05) is 43.7 Å². The van der Waals surface area contributed by atoms with E-state index in [4.69, 9.17) is 14.6 Å². The number of likely N-dealkylation sites (tertiary alicyclic amines) is 1. The first-order valence-electron chi connectivity index (χ1n) is 13.1. The minimum atomic E-state index is -0.903. The summed E-state index contributed by atoms with van der Waals surface area (Å²) in [5, 5.41) is 26.8. The molecule has 4 heterocycles. The van der Waals surface area contributed by atoms with Crippen LogP contribution in [0.15, 0.2) is 42.9 Å². The lowest BCUT2D eigenvalue weighted by Gasteiger charge is -2.31. The van der Waals surface area contributed by atoms with Crippen LogP contribution >= 0.6 is 0 Å². The maximum atomic E-state index is 11.7. The Balaban J connectivity index is 1.36. The summed E-state index contributed by atoms with van der Waals surface area (Å²) in [5.41, 5.74) is 2.67. The maximum Gasteiger partial charge on any atom is 0.407 e. The fourth-order valence-corrected chi connectivity index (χ4v) is 5.17. The maximum absolute atomic E-state index is 11.7. The van der Waals surface area contributed by atoms with Crippen molar-refractivity contribution in [3.63, 3.8) is 0 Å². The molecule has 4 aromatic rings. The molecule has 1 aliphatic heterocycles. The lowest BCUT2D eigenvalue weighted by atomic mass is 10.1. The van der Waals surface area contributed by atoms with E-state index in [1.807, 2.05) is 46.0 Å². The van der Waals surface area contributed by atoms with Crippen molar-refractivity contribution >= 4 is 34.3 Å². The van der Waals surface area contributed by atoms with Gasteiger partial charge in [-0.15, -0.1) is 0 Å². The van der Waals surface area contributed by atoms with Gasteiger partial charge in [0.2, 0.25) is 0 Å². The molecule has 12 nitrogen and oxygen atoms in total. The second-order valence-corrected chi connectivity index (χ2v) is 9.97. The third-order valence-corrected chi connectivity index (χ3v) is 7.36. The van der Waals surface area contributed by atoms with E-state index in [0.717, 1.165) is 53.6 Å². The number of ether oxygens (including phenoxy) is 2. The fourth-order valence-electron chi connectivity index (χ4n) is 5.17. The molecule has 1 atom stereocenters. The van der Waals surface area contributed by atoms with Gasteiger partial charge in [-0.2, -0.15) is 10.2 Å². The monoisotopic (exact) mass is 532 g/mol. The van der Waals surface area contributed by atoms with Gasteiger partial charge >= 0.3 is 6.09 Å². The topological polar surface area (TPSA) is 132 Å². The number of hydrogen-bond acceptors (Lipinski definition) is 8. The van der Waals surface area contributed by atoms with Gasteiger partial charge in [-0.1, -0.05) is 0 Å². The predicted molar refractivity (Wildman–Crippen MR) is 146 cm³/mol. The number of piperidine rings is 1. The summed E-state index contributed by atoms with van der Waals surface area (Å²) in [5.74, 6) is 2.74. The van der Waals surface area contributed by atoms with Gasteiger partial charge in [-0.25, -0.2) is 9.78 Å². The number of carboxylic acid groups (broad SMARTS) is 1. The highest BCUT2D eigenvalue weighted by molar-refractivity contribution is 6.00. The van der Waals surface area contributed by atoms with E-state index in [9.17, 15) is 9.90 Å². The Bertz CT molecular complexity index is 1490. The summed E-state index contributed by atoms with van der Waals surface area (Å²) in [6, 6.07) is 8.02. The number of rotatable bonds is 9. The number of nitrogens with one attached hydrogen (secondary N) is 2. The van der Waals surface area contributed by atoms with E-state index in [2.05, 4.69) is 20.7 Å². The Hall–Kier alpha value is -4.48. The number of benzene rings is 1. The standard InChI is InChI=1S/C27H32N8O4/c1-38-21-8-5-17(23(12-21)39-2)13-29-25-24-22(9-10-28-25)35(20-4-3-11-33(16-20)27(36)37)32-26(24)31-18-14-30-34(15-18)19-6-7-19/h5,8-10,12,14-15,19-20H,3-4,6-7,11,13,16H2,1-2H3,(H,28,29)(H,31,32)(H,36,37). The van der Waals surface area contributed by atoms with Crippen LogP contribution in [-0.4, -0.2) is 68.0 Å². The highest BCUT2D eigenvalue weighted by Crippen LogP contribution is 2.37. The molecule has 1 saturated heterocycles. The minimum absolute atomic E-state index is 0.0842. The molecule has 1 unspecified atom stereocenters. The quantitative estimate of drug-likeness (QED) is 0.282. The van der Waals surface area contributed by atoms with E-state index in [-0.39, 0.29) is 6.04 Å². The average molecular weight is 533 g/mol. The van der Waals surface area contributed by atoms with Crippen LogP contribution in [0.2, 0.25) is 0 Å². The number of carbonyl (C=O) groups is 1. The van der Waals surface area contributed by atoms with Gasteiger partial charge in [-0.3, -0.25) is 9.36 Å². The first-order valence-corrected chi connectivity index (χ1v) is 13.1. The largest absolute Gasteiger partial charge is 0.497 e. The van der Waals surface area contributed by atoms with Crippen molar-refractivity contribution in [2.24, 2.45) is 0 Å². The SMILES string of the molecule is COc1ccc(CNc2nccc3c2c(Nc2cnn(C4CC4)c2)nn3C2CCCN(C(=O)O)C2)c(OC)c1. The van der Waals surface area contributed by atoms with Crippen molar-refractivity contribution in [1.82, 2.24) is 29.4 Å². The zero-order valence-corrected chi connectivity index (χ0v) is 22.0. The molecule has 6 rings (SSSR count). The van der Waals surface area contributed by atoms with Crippen molar-refractivity contribution in [1.29, 1.82) is 0 Å². The van der Waals surface area contributed by atoms with E-state index in [1.165, 1.54) is 4.90 Å². The van der Waals surface area contributed by atoms with E-state index < -0.39 is 6.09 Å². The molecule has 1 aromatic carbocycles. The summed E-state index contributed by atoms with van der Waals surface area (Å²) in [7, 11) is 3.26. The number of anilines is 3. The van der Waals surface area contributed by atoms with E-state index in [0.29, 0.717) is 43.1 Å². The van der Waals surface area contributed by atoms with Crippen LogP contribution in [0.1, 0.15) is 43.3 Å². The molecule has 1 amide bonds. The minimum Gasteiger partial charge on any atom is -0.497 e. The highest BCUT2D eigenvalue weighted by Gasteiger charge is 2.29. The fraction of sp³-hybridized carbons (Fsp3) is 0.407. The Morgan fingerprint density at radius 1 is 1.13 bits per heavy atom. The predicted octanol–water partition coefficient (Wildman–Crippen LogP) is 4.65. The Kier molecular flexibility index (Phi) is 6.59. The number of fused-ring (bicyclic) bond motifs is 1. The number of aromatic nitrogens is 5. The Morgan fingerprint density at radius 2 is 2.00 bits per heavy atom. The first kappa shape index (κ1) is 24.8. The van der Waals surface area contributed by atoms with Crippen LogP contribution in [0.4, 0.5) is 22.1 Å². The second kappa shape index (κ2) is 10.4. The molecule has 2 fully saturated rings. The Morgan fingerprint density at radius 3 is 2.77 bits per heavy atom. The third-order valence-electron chi connectivity index (χ3n) is 7.36. The van der Waals surface area contributed by atoms with Crippen LogP contribution in [0.5, 0.6) is 11.5 Å². The van der Waals surface area contributed by atoms with Gasteiger partial charge in [0.15, 0.2) is 5.82 Å². The van der Waals surface area contributed by atoms with E-state index >= 15 is 0 Å². The van der Waals surface area contributed by atoms with Crippen molar-refractivity contribution in [3.05, 3.63) is 48.4 Å². The average Bonchev–Trinajstić information content (AvgIpc) is 3.60. The smallest absolute Gasteiger partial charge is 0.407 e. The number of pyridine rings is 1. The van der Waals surface area contributed by atoms with Crippen LogP contribution in [-0.2, 0) is 6.54 Å². The normalized spacial score (nSPS) is 17.3. The zero-order chi connectivity index (χ0) is 26.9. The van der Waals surface area contributed by atoms with Gasteiger partial charge in [0.25, 0.3) is 0 Å². The van der Waals surface area contributed by atoms with Crippen molar-refractivity contribution in [3.8, 4) is 11.5 Å². The molecular formula is C27H32N8O4.